The fourth-order valence-electron chi connectivity index (χ4n) is 2.27. The molecule has 0 saturated heterocycles. The molecular formula is C13H12N2. The second-order valence-electron chi connectivity index (χ2n) is 3.75. The van der Waals surface area contributed by atoms with Gasteiger partial charge in [-0.15, -0.1) is 0 Å². The van der Waals surface area contributed by atoms with E-state index in [1.807, 2.05) is 13.1 Å². The van der Waals surface area contributed by atoms with Crippen molar-refractivity contribution in [1.82, 2.24) is 0 Å². The van der Waals surface area contributed by atoms with Gasteiger partial charge in [-0.2, -0.15) is 0 Å². The largest absolute Gasteiger partial charge is 0.397 e. The quantitative estimate of drug-likeness (QED) is 0.587. The van der Waals surface area contributed by atoms with E-state index < -0.39 is 0 Å². The first kappa shape index (κ1) is 8.36. The lowest BCUT2D eigenvalue weighted by Gasteiger charge is -2.27. The lowest BCUT2D eigenvalue weighted by Crippen LogP contribution is -2.05. The summed E-state index contributed by atoms with van der Waals surface area (Å²) in [5, 5.41) is 3.17. The molecule has 1 aliphatic rings. The standard InChI is InChI=1S/C13H12N2/c1-15-13-11(14)7-6-10-8-4-2-3-5-9(8)12(10)13/h2-7,15H,14H2,1H3. The third-order valence-electron chi connectivity index (χ3n) is 2.97. The van der Waals surface area contributed by atoms with Gasteiger partial charge < -0.3 is 11.1 Å². The summed E-state index contributed by atoms with van der Waals surface area (Å²) in [7, 11) is 1.91. The molecule has 74 valence electrons. The topological polar surface area (TPSA) is 38.0 Å². The molecule has 0 saturated carbocycles. The number of nitrogens with one attached hydrogen (secondary N) is 1. The number of benzene rings is 2. The third kappa shape index (κ3) is 0.934. The lowest BCUT2D eigenvalue weighted by atomic mass is 9.79. The summed E-state index contributed by atoms with van der Waals surface area (Å²) in [6, 6.07) is 12.5. The zero-order chi connectivity index (χ0) is 10.4. The summed E-state index contributed by atoms with van der Waals surface area (Å²) in [6.45, 7) is 0. The van der Waals surface area contributed by atoms with Crippen molar-refractivity contribution in [3.05, 3.63) is 36.4 Å². The van der Waals surface area contributed by atoms with Crippen molar-refractivity contribution in [1.29, 1.82) is 0 Å². The SMILES string of the molecule is CNc1c(N)ccc2c1-c1ccccc1-2. The smallest absolute Gasteiger partial charge is 0.0657 e. The molecule has 0 spiro atoms. The monoisotopic (exact) mass is 196 g/mol. The highest BCUT2D eigenvalue weighted by molar-refractivity contribution is 6.10. The Morgan fingerprint density at radius 2 is 1.67 bits per heavy atom. The second kappa shape index (κ2) is 2.76. The molecule has 2 heteroatoms. The van der Waals surface area contributed by atoms with Crippen LogP contribution in [0.2, 0.25) is 0 Å². The van der Waals surface area contributed by atoms with Crippen LogP contribution in [0.5, 0.6) is 0 Å². The Balaban J connectivity index is 2.30. The van der Waals surface area contributed by atoms with Crippen molar-refractivity contribution in [2.75, 3.05) is 18.1 Å². The average molecular weight is 196 g/mol. The van der Waals surface area contributed by atoms with E-state index in [2.05, 4.69) is 35.6 Å². The number of hydrogen-bond acceptors (Lipinski definition) is 2. The van der Waals surface area contributed by atoms with E-state index in [9.17, 15) is 0 Å². The van der Waals surface area contributed by atoms with Crippen molar-refractivity contribution in [2.45, 2.75) is 0 Å². The normalized spacial score (nSPS) is 11.3. The van der Waals surface area contributed by atoms with Gasteiger partial charge in [-0.3, -0.25) is 0 Å². The molecule has 0 unspecified atom stereocenters. The minimum absolute atomic E-state index is 0.811. The van der Waals surface area contributed by atoms with Gasteiger partial charge >= 0.3 is 0 Å². The van der Waals surface area contributed by atoms with Crippen LogP contribution in [0.25, 0.3) is 22.3 Å². The molecule has 0 atom stereocenters. The van der Waals surface area contributed by atoms with E-state index in [-0.39, 0.29) is 0 Å². The highest BCUT2D eigenvalue weighted by Crippen LogP contribution is 2.52. The second-order valence-corrected chi connectivity index (χ2v) is 3.75. The summed E-state index contributed by atoms with van der Waals surface area (Å²) in [5.74, 6) is 0. The van der Waals surface area contributed by atoms with E-state index >= 15 is 0 Å². The first-order chi connectivity index (χ1) is 7.33. The van der Waals surface area contributed by atoms with Gasteiger partial charge in [0.1, 0.15) is 0 Å². The van der Waals surface area contributed by atoms with E-state index in [1.54, 1.807) is 0 Å². The van der Waals surface area contributed by atoms with Crippen LogP contribution in [-0.2, 0) is 0 Å². The van der Waals surface area contributed by atoms with E-state index in [1.165, 1.54) is 22.3 Å². The predicted molar refractivity (Wildman–Crippen MR) is 64.8 cm³/mol. The highest BCUT2D eigenvalue weighted by atomic mass is 14.9. The molecule has 15 heavy (non-hydrogen) atoms. The highest BCUT2D eigenvalue weighted by Gasteiger charge is 2.25. The Kier molecular flexibility index (Phi) is 1.54. The molecule has 3 rings (SSSR count). The molecule has 2 aromatic rings. The molecule has 0 aromatic heterocycles. The van der Waals surface area contributed by atoms with E-state index in [0.717, 1.165) is 11.4 Å². The summed E-state index contributed by atoms with van der Waals surface area (Å²) in [4.78, 5) is 0. The third-order valence-corrected chi connectivity index (χ3v) is 2.97. The Morgan fingerprint density at radius 1 is 0.933 bits per heavy atom. The number of hydrogen-bond donors (Lipinski definition) is 2. The van der Waals surface area contributed by atoms with Crippen molar-refractivity contribution < 1.29 is 0 Å². The van der Waals surface area contributed by atoms with Gasteiger partial charge in [0.2, 0.25) is 0 Å². The molecule has 3 N–H and O–H groups in total. The summed E-state index contributed by atoms with van der Waals surface area (Å²) < 4.78 is 0. The Labute approximate surface area is 88.7 Å². The molecular weight excluding hydrogens is 184 g/mol. The van der Waals surface area contributed by atoms with Gasteiger partial charge in [-0.05, 0) is 22.8 Å². The van der Waals surface area contributed by atoms with Crippen molar-refractivity contribution in [2.24, 2.45) is 0 Å². The maximum atomic E-state index is 5.93. The molecule has 0 heterocycles. The summed E-state index contributed by atoms with van der Waals surface area (Å²) in [5.41, 5.74) is 13.0. The number of fused-ring (bicyclic) bond motifs is 4. The first-order valence-corrected chi connectivity index (χ1v) is 5.03. The van der Waals surface area contributed by atoms with Gasteiger partial charge in [-0.1, -0.05) is 30.3 Å². The Hall–Kier alpha value is -1.96. The zero-order valence-electron chi connectivity index (χ0n) is 8.54. The fraction of sp³-hybridized carbons (Fsp3) is 0.0769. The van der Waals surface area contributed by atoms with Crippen LogP contribution in [0.1, 0.15) is 0 Å². The molecule has 2 aromatic carbocycles. The van der Waals surface area contributed by atoms with Gasteiger partial charge in [0, 0.05) is 12.6 Å². The average Bonchev–Trinajstić information content (AvgIpc) is 2.26. The van der Waals surface area contributed by atoms with Crippen LogP contribution in [0, 0.1) is 0 Å². The van der Waals surface area contributed by atoms with Crippen molar-refractivity contribution in [3.63, 3.8) is 0 Å². The molecule has 1 aliphatic carbocycles. The van der Waals surface area contributed by atoms with Gasteiger partial charge in [-0.25, -0.2) is 0 Å². The molecule has 0 fully saturated rings. The predicted octanol–water partition coefficient (Wildman–Crippen LogP) is 2.96. The van der Waals surface area contributed by atoms with Crippen molar-refractivity contribution >= 4 is 11.4 Å². The van der Waals surface area contributed by atoms with E-state index in [4.69, 9.17) is 5.73 Å². The maximum absolute atomic E-state index is 5.93. The first-order valence-electron chi connectivity index (χ1n) is 5.03. The van der Waals surface area contributed by atoms with Gasteiger partial charge in [0.25, 0.3) is 0 Å². The van der Waals surface area contributed by atoms with E-state index in [0.29, 0.717) is 0 Å². The zero-order valence-corrected chi connectivity index (χ0v) is 8.54. The molecule has 0 radical (unpaired) electrons. The number of nitrogen functional groups attached to an aromatic ring is 1. The van der Waals surface area contributed by atoms with Crippen LogP contribution < -0.4 is 11.1 Å². The summed E-state index contributed by atoms with van der Waals surface area (Å²) in [6.07, 6.45) is 0. The lowest BCUT2D eigenvalue weighted by molar-refractivity contribution is 1.46. The van der Waals surface area contributed by atoms with Gasteiger partial charge in [0.05, 0.1) is 11.4 Å². The van der Waals surface area contributed by atoms with Crippen LogP contribution >= 0.6 is 0 Å². The van der Waals surface area contributed by atoms with Gasteiger partial charge in [0.15, 0.2) is 0 Å². The maximum Gasteiger partial charge on any atom is 0.0657 e. The summed E-state index contributed by atoms with van der Waals surface area (Å²) >= 11 is 0. The minimum Gasteiger partial charge on any atom is -0.397 e. The molecule has 0 aliphatic heterocycles. The van der Waals surface area contributed by atoms with Crippen LogP contribution in [0.3, 0.4) is 0 Å². The number of nitrogens with two attached hydrogens (primary N) is 1. The van der Waals surface area contributed by atoms with Crippen LogP contribution in [0.15, 0.2) is 36.4 Å². The number of anilines is 2. The molecule has 0 bridgehead atoms. The van der Waals surface area contributed by atoms with Crippen molar-refractivity contribution in [3.8, 4) is 22.3 Å². The number of rotatable bonds is 1. The Morgan fingerprint density at radius 3 is 2.40 bits per heavy atom. The molecule has 0 amide bonds. The minimum atomic E-state index is 0.811. The fourth-order valence-corrected chi connectivity index (χ4v) is 2.27. The Bertz CT molecular complexity index is 544. The van der Waals surface area contributed by atoms with Crippen LogP contribution in [0.4, 0.5) is 11.4 Å². The van der Waals surface area contributed by atoms with Crippen LogP contribution in [-0.4, -0.2) is 7.05 Å². The molecule has 2 nitrogen and oxygen atoms in total.